The van der Waals surface area contributed by atoms with Gasteiger partial charge >= 0.3 is 6.36 Å². The van der Waals surface area contributed by atoms with Crippen molar-refractivity contribution in [2.45, 2.75) is 19.8 Å². The van der Waals surface area contributed by atoms with E-state index in [2.05, 4.69) is 10.1 Å². The molecule has 2 rings (SSSR count). The number of nitrogens with one attached hydrogen (secondary N) is 1. The number of anilines is 1. The number of benzene rings is 2. The van der Waals surface area contributed by atoms with Crippen LogP contribution in [-0.4, -0.2) is 6.36 Å². The summed E-state index contributed by atoms with van der Waals surface area (Å²) in [6, 6.07) is 13.7. The summed E-state index contributed by atoms with van der Waals surface area (Å²) in [7, 11) is 0. The Morgan fingerprint density at radius 3 is 2.50 bits per heavy atom. The molecule has 0 saturated heterocycles. The summed E-state index contributed by atoms with van der Waals surface area (Å²) in [5.74, 6) is -0.207. The molecule has 2 nitrogen and oxygen atoms in total. The lowest BCUT2D eigenvalue weighted by Gasteiger charge is -2.11. The van der Waals surface area contributed by atoms with Crippen LogP contribution < -0.4 is 10.1 Å². The second kappa shape index (κ2) is 5.86. The van der Waals surface area contributed by atoms with Crippen LogP contribution in [-0.2, 0) is 6.54 Å². The molecule has 0 heterocycles. The Morgan fingerprint density at radius 1 is 1.05 bits per heavy atom. The molecule has 0 unspecified atom stereocenters. The van der Waals surface area contributed by atoms with Gasteiger partial charge in [-0.05, 0) is 42.3 Å². The Balaban J connectivity index is 2.01. The van der Waals surface area contributed by atoms with Gasteiger partial charge in [-0.1, -0.05) is 24.3 Å². The Hall–Kier alpha value is -2.17. The molecule has 0 aliphatic carbocycles. The van der Waals surface area contributed by atoms with Gasteiger partial charge in [-0.25, -0.2) is 0 Å². The van der Waals surface area contributed by atoms with Crippen molar-refractivity contribution in [3.63, 3.8) is 0 Å². The van der Waals surface area contributed by atoms with Crippen LogP contribution in [0.4, 0.5) is 18.9 Å². The maximum Gasteiger partial charge on any atom is 0.573 e. The van der Waals surface area contributed by atoms with E-state index in [-0.39, 0.29) is 5.75 Å². The zero-order valence-corrected chi connectivity index (χ0v) is 10.9. The summed E-state index contributed by atoms with van der Waals surface area (Å²) in [6.45, 7) is 2.40. The third kappa shape index (κ3) is 4.50. The van der Waals surface area contributed by atoms with Crippen molar-refractivity contribution >= 4 is 5.69 Å². The molecule has 0 amide bonds. The van der Waals surface area contributed by atoms with Crippen LogP contribution in [0.3, 0.4) is 0 Å². The molecule has 0 aliphatic heterocycles. The molecule has 5 heteroatoms. The van der Waals surface area contributed by atoms with Gasteiger partial charge in [0.2, 0.25) is 0 Å². The molecule has 0 aliphatic rings. The molecule has 2 aromatic carbocycles. The number of ether oxygens (including phenoxy) is 1. The van der Waals surface area contributed by atoms with Gasteiger partial charge in [0.05, 0.1) is 0 Å². The summed E-state index contributed by atoms with van der Waals surface area (Å²) < 4.78 is 40.3. The fourth-order valence-electron chi connectivity index (χ4n) is 1.81. The fraction of sp³-hybridized carbons (Fsp3) is 0.200. The first-order chi connectivity index (χ1) is 9.42. The van der Waals surface area contributed by atoms with E-state index in [4.69, 9.17) is 0 Å². The minimum Gasteiger partial charge on any atom is -0.406 e. The monoisotopic (exact) mass is 281 g/mol. The van der Waals surface area contributed by atoms with Gasteiger partial charge in [0, 0.05) is 12.2 Å². The predicted octanol–water partition coefficient (Wildman–Crippen LogP) is 4.51. The fourth-order valence-corrected chi connectivity index (χ4v) is 1.81. The molecular formula is C15H14F3NO. The highest BCUT2D eigenvalue weighted by atomic mass is 19.4. The average Bonchev–Trinajstić information content (AvgIpc) is 2.35. The first-order valence-electron chi connectivity index (χ1n) is 6.08. The Morgan fingerprint density at radius 2 is 1.80 bits per heavy atom. The molecule has 0 spiro atoms. The Bertz CT molecular complexity index is 581. The van der Waals surface area contributed by atoms with Crippen LogP contribution in [0.5, 0.6) is 5.75 Å². The van der Waals surface area contributed by atoms with Crippen molar-refractivity contribution < 1.29 is 17.9 Å². The van der Waals surface area contributed by atoms with Gasteiger partial charge in [0.1, 0.15) is 5.75 Å². The minimum absolute atomic E-state index is 0.207. The lowest BCUT2D eigenvalue weighted by atomic mass is 10.2. The summed E-state index contributed by atoms with van der Waals surface area (Å²) in [5.41, 5.74) is 2.75. The van der Waals surface area contributed by atoms with Crippen LogP contribution in [0, 0.1) is 6.92 Å². The lowest BCUT2D eigenvalue weighted by molar-refractivity contribution is -0.274. The molecule has 0 fully saturated rings. The van der Waals surface area contributed by atoms with Crippen molar-refractivity contribution in [1.82, 2.24) is 0 Å². The van der Waals surface area contributed by atoms with Gasteiger partial charge in [-0.3, -0.25) is 0 Å². The minimum atomic E-state index is -4.66. The summed E-state index contributed by atoms with van der Waals surface area (Å²) in [6.07, 6.45) is -4.66. The molecule has 2 aromatic rings. The van der Waals surface area contributed by atoms with Crippen LogP contribution >= 0.6 is 0 Å². The van der Waals surface area contributed by atoms with Gasteiger partial charge in [0.15, 0.2) is 0 Å². The standard InChI is InChI=1S/C15H14F3NO/c1-11-4-2-6-13(8-11)19-10-12-5-3-7-14(9-12)20-15(16,17)18/h2-9,19H,10H2,1H3. The number of rotatable bonds is 4. The average molecular weight is 281 g/mol. The third-order valence-electron chi connectivity index (χ3n) is 2.65. The van der Waals surface area contributed by atoms with Crippen LogP contribution in [0.25, 0.3) is 0 Å². The second-order valence-corrected chi connectivity index (χ2v) is 4.42. The Kier molecular flexibility index (Phi) is 4.17. The number of hydrogen-bond acceptors (Lipinski definition) is 2. The highest BCUT2D eigenvalue weighted by Gasteiger charge is 2.31. The van der Waals surface area contributed by atoms with Crippen LogP contribution in [0.15, 0.2) is 48.5 Å². The second-order valence-electron chi connectivity index (χ2n) is 4.42. The van der Waals surface area contributed by atoms with Crippen molar-refractivity contribution in [1.29, 1.82) is 0 Å². The molecule has 0 aromatic heterocycles. The summed E-state index contributed by atoms with van der Waals surface area (Å²) in [4.78, 5) is 0. The van der Waals surface area contributed by atoms with Gasteiger partial charge in [-0.2, -0.15) is 0 Å². The van der Waals surface area contributed by atoms with Crippen molar-refractivity contribution in [2.75, 3.05) is 5.32 Å². The number of alkyl halides is 3. The van der Waals surface area contributed by atoms with Crippen molar-refractivity contribution in [2.24, 2.45) is 0 Å². The SMILES string of the molecule is Cc1cccc(NCc2cccc(OC(F)(F)F)c2)c1. The maximum absolute atomic E-state index is 12.1. The zero-order valence-electron chi connectivity index (χ0n) is 10.9. The van der Waals surface area contributed by atoms with Crippen molar-refractivity contribution in [3.8, 4) is 5.75 Å². The van der Waals surface area contributed by atoms with E-state index in [0.717, 1.165) is 11.3 Å². The van der Waals surface area contributed by atoms with Crippen LogP contribution in [0.2, 0.25) is 0 Å². The van der Waals surface area contributed by atoms with E-state index in [9.17, 15) is 13.2 Å². The van der Waals surface area contributed by atoms with E-state index in [0.29, 0.717) is 12.1 Å². The molecule has 106 valence electrons. The number of aryl methyl sites for hydroxylation is 1. The van der Waals surface area contributed by atoms with E-state index < -0.39 is 6.36 Å². The van der Waals surface area contributed by atoms with E-state index in [1.165, 1.54) is 18.2 Å². The van der Waals surface area contributed by atoms with E-state index >= 15 is 0 Å². The summed E-state index contributed by atoms with van der Waals surface area (Å²) >= 11 is 0. The topological polar surface area (TPSA) is 21.3 Å². The molecular weight excluding hydrogens is 267 g/mol. The van der Waals surface area contributed by atoms with E-state index in [1.54, 1.807) is 6.07 Å². The van der Waals surface area contributed by atoms with Gasteiger partial charge in [0.25, 0.3) is 0 Å². The largest absolute Gasteiger partial charge is 0.573 e. The zero-order chi connectivity index (χ0) is 14.6. The van der Waals surface area contributed by atoms with Crippen LogP contribution in [0.1, 0.15) is 11.1 Å². The molecule has 1 N–H and O–H groups in total. The molecule has 0 saturated carbocycles. The lowest BCUT2D eigenvalue weighted by Crippen LogP contribution is -2.17. The highest BCUT2D eigenvalue weighted by Crippen LogP contribution is 2.23. The first kappa shape index (κ1) is 14.2. The van der Waals surface area contributed by atoms with Gasteiger partial charge < -0.3 is 10.1 Å². The first-order valence-corrected chi connectivity index (χ1v) is 6.08. The smallest absolute Gasteiger partial charge is 0.406 e. The summed E-state index contributed by atoms with van der Waals surface area (Å²) in [5, 5.41) is 3.16. The van der Waals surface area contributed by atoms with Crippen molar-refractivity contribution in [3.05, 3.63) is 59.7 Å². The molecule has 20 heavy (non-hydrogen) atoms. The van der Waals surface area contributed by atoms with E-state index in [1.807, 2.05) is 31.2 Å². The quantitative estimate of drug-likeness (QED) is 0.890. The predicted molar refractivity (Wildman–Crippen MR) is 71.6 cm³/mol. The highest BCUT2D eigenvalue weighted by molar-refractivity contribution is 5.46. The normalized spacial score (nSPS) is 11.2. The molecule has 0 atom stereocenters. The third-order valence-corrected chi connectivity index (χ3v) is 2.65. The molecule has 0 radical (unpaired) electrons. The Labute approximate surface area is 115 Å². The van der Waals surface area contributed by atoms with Gasteiger partial charge in [-0.15, -0.1) is 13.2 Å². The number of halogens is 3. The number of hydrogen-bond donors (Lipinski definition) is 1. The maximum atomic E-state index is 12.1. The molecule has 0 bridgehead atoms.